The number of carbonyl (C=O) groups is 2. The predicted octanol–water partition coefficient (Wildman–Crippen LogP) is 1.80. The van der Waals surface area contributed by atoms with E-state index in [9.17, 15) is 14.0 Å². The number of likely N-dealkylation sites (N-methyl/N-ethyl adjacent to an activating group) is 2. The summed E-state index contributed by atoms with van der Waals surface area (Å²) in [5, 5.41) is 2.59. The molecule has 98 valence electrons. The van der Waals surface area contributed by atoms with Gasteiger partial charge in [0.25, 0.3) is 5.91 Å². The highest BCUT2D eigenvalue weighted by Crippen LogP contribution is 2.21. The second kappa shape index (κ2) is 6.49. The van der Waals surface area contributed by atoms with E-state index < -0.39 is 11.7 Å². The minimum absolute atomic E-state index is 0.0599. The zero-order chi connectivity index (χ0) is 13.7. The molecule has 1 aromatic rings. The number of nitrogens with one attached hydrogen (secondary N) is 1. The Morgan fingerprint density at radius 3 is 2.72 bits per heavy atom. The molecule has 0 unspecified atom stereocenters. The van der Waals surface area contributed by atoms with Crippen LogP contribution in [0.5, 0.6) is 0 Å². The number of benzene rings is 1. The summed E-state index contributed by atoms with van der Waals surface area (Å²) in [6.07, 6.45) is 0. The number of hydrogen-bond donors (Lipinski definition) is 1. The van der Waals surface area contributed by atoms with E-state index in [-0.39, 0.29) is 22.5 Å². The average Bonchev–Trinajstić information content (AvgIpc) is 2.32. The van der Waals surface area contributed by atoms with Crippen molar-refractivity contribution in [1.29, 1.82) is 0 Å². The lowest BCUT2D eigenvalue weighted by Gasteiger charge is -2.17. The van der Waals surface area contributed by atoms with Crippen molar-refractivity contribution in [3.05, 3.63) is 34.1 Å². The average molecular weight is 317 g/mol. The maximum Gasteiger partial charge on any atom is 0.255 e. The Hall–Kier alpha value is -1.43. The molecule has 0 atom stereocenters. The molecule has 6 heteroatoms. The van der Waals surface area contributed by atoms with Gasteiger partial charge in [0.05, 0.1) is 16.6 Å². The van der Waals surface area contributed by atoms with E-state index in [1.54, 1.807) is 6.92 Å². The summed E-state index contributed by atoms with van der Waals surface area (Å²) in [6, 6.07) is 4.21. The zero-order valence-corrected chi connectivity index (χ0v) is 11.8. The molecule has 0 aliphatic heterocycles. The molecule has 4 nitrogen and oxygen atoms in total. The Bertz CT molecular complexity index is 465. The van der Waals surface area contributed by atoms with Gasteiger partial charge in [-0.3, -0.25) is 9.59 Å². The molecule has 1 N–H and O–H groups in total. The van der Waals surface area contributed by atoms with Crippen molar-refractivity contribution in [2.75, 3.05) is 20.1 Å². The number of carbonyl (C=O) groups excluding carboxylic acids is 2. The fourth-order valence-corrected chi connectivity index (χ4v) is 1.85. The fraction of sp³-hybridized carbons (Fsp3) is 0.333. The van der Waals surface area contributed by atoms with Crippen molar-refractivity contribution in [2.45, 2.75) is 6.92 Å². The minimum atomic E-state index is -0.507. The molecule has 0 aliphatic rings. The molecular formula is C12H14BrFN2O2. The van der Waals surface area contributed by atoms with Gasteiger partial charge in [-0.1, -0.05) is 6.07 Å². The summed E-state index contributed by atoms with van der Waals surface area (Å²) < 4.78 is 13.4. The normalized spacial score (nSPS) is 10.0. The minimum Gasteiger partial charge on any atom is -0.355 e. The van der Waals surface area contributed by atoms with Crippen LogP contribution >= 0.6 is 15.9 Å². The molecule has 0 aliphatic carbocycles. The van der Waals surface area contributed by atoms with Crippen molar-refractivity contribution in [3.8, 4) is 0 Å². The Labute approximate surface area is 113 Å². The highest BCUT2D eigenvalue weighted by molar-refractivity contribution is 9.10. The van der Waals surface area contributed by atoms with Gasteiger partial charge in [-0.05, 0) is 35.0 Å². The summed E-state index contributed by atoms with van der Waals surface area (Å²) in [5.74, 6) is -1.17. The van der Waals surface area contributed by atoms with Crippen LogP contribution in [0.1, 0.15) is 17.3 Å². The van der Waals surface area contributed by atoms with E-state index >= 15 is 0 Å². The van der Waals surface area contributed by atoms with Crippen LogP contribution in [-0.2, 0) is 4.79 Å². The molecule has 0 radical (unpaired) electrons. The molecule has 1 rings (SSSR count). The highest BCUT2D eigenvalue weighted by Gasteiger charge is 2.18. The van der Waals surface area contributed by atoms with Gasteiger partial charge in [-0.2, -0.15) is 0 Å². The molecule has 0 spiro atoms. The molecule has 0 heterocycles. The van der Waals surface area contributed by atoms with Crippen molar-refractivity contribution in [3.63, 3.8) is 0 Å². The van der Waals surface area contributed by atoms with E-state index in [0.717, 1.165) is 0 Å². The second-order valence-corrected chi connectivity index (χ2v) is 4.51. The molecule has 1 aromatic carbocycles. The topological polar surface area (TPSA) is 49.4 Å². The number of halogens is 2. The molecular weight excluding hydrogens is 303 g/mol. The van der Waals surface area contributed by atoms with Crippen molar-refractivity contribution in [1.82, 2.24) is 10.2 Å². The Morgan fingerprint density at radius 2 is 2.11 bits per heavy atom. The zero-order valence-electron chi connectivity index (χ0n) is 10.2. The third-order valence-corrected chi connectivity index (χ3v) is 3.09. The van der Waals surface area contributed by atoms with Gasteiger partial charge >= 0.3 is 0 Å². The summed E-state index contributed by atoms with van der Waals surface area (Å²) in [7, 11) is 1.49. The van der Waals surface area contributed by atoms with Crippen molar-refractivity contribution < 1.29 is 14.0 Å². The van der Waals surface area contributed by atoms with E-state index in [1.807, 2.05) is 0 Å². The van der Waals surface area contributed by atoms with E-state index in [0.29, 0.717) is 6.54 Å². The van der Waals surface area contributed by atoms with Crippen LogP contribution in [-0.4, -0.2) is 36.9 Å². The first-order valence-corrected chi connectivity index (χ1v) is 6.22. The Morgan fingerprint density at radius 1 is 1.44 bits per heavy atom. The third-order valence-electron chi connectivity index (χ3n) is 2.28. The summed E-state index contributed by atoms with van der Waals surface area (Å²) in [4.78, 5) is 24.6. The molecule has 0 bridgehead atoms. The number of hydrogen-bond acceptors (Lipinski definition) is 2. The van der Waals surface area contributed by atoms with E-state index in [1.165, 1.54) is 30.1 Å². The highest BCUT2D eigenvalue weighted by atomic mass is 79.9. The van der Waals surface area contributed by atoms with E-state index in [4.69, 9.17) is 0 Å². The lowest BCUT2D eigenvalue weighted by atomic mass is 10.2. The first kappa shape index (κ1) is 14.6. The Balaban J connectivity index is 2.81. The van der Waals surface area contributed by atoms with Crippen LogP contribution < -0.4 is 5.32 Å². The standard InChI is InChI=1S/C12H14BrFN2O2/c1-3-15-10(17)7-16(2)12(18)8-5-4-6-9(14)11(8)13/h4-6H,3,7H2,1-2H3,(H,15,17). The van der Waals surface area contributed by atoms with Crippen LogP contribution in [0.25, 0.3) is 0 Å². The second-order valence-electron chi connectivity index (χ2n) is 3.72. The van der Waals surface area contributed by atoms with Gasteiger partial charge in [-0.15, -0.1) is 0 Å². The van der Waals surface area contributed by atoms with E-state index in [2.05, 4.69) is 21.2 Å². The lowest BCUT2D eigenvalue weighted by Crippen LogP contribution is -2.38. The van der Waals surface area contributed by atoms with Crippen LogP contribution in [0, 0.1) is 5.82 Å². The van der Waals surface area contributed by atoms with Crippen LogP contribution in [0.4, 0.5) is 4.39 Å². The predicted molar refractivity (Wildman–Crippen MR) is 69.7 cm³/mol. The van der Waals surface area contributed by atoms with Crippen LogP contribution in [0.3, 0.4) is 0 Å². The summed E-state index contributed by atoms with van der Waals surface area (Å²) in [6.45, 7) is 2.24. The van der Waals surface area contributed by atoms with Gasteiger partial charge < -0.3 is 10.2 Å². The van der Waals surface area contributed by atoms with Gasteiger partial charge in [0, 0.05) is 13.6 Å². The maximum absolute atomic E-state index is 13.3. The maximum atomic E-state index is 13.3. The van der Waals surface area contributed by atoms with Gasteiger partial charge in [0.1, 0.15) is 5.82 Å². The molecule has 0 fully saturated rings. The summed E-state index contributed by atoms with van der Waals surface area (Å²) >= 11 is 3.02. The number of nitrogens with zero attached hydrogens (tertiary/aromatic N) is 1. The molecule has 2 amide bonds. The fourth-order valence-electron chi connectivity index (χ4n) is 1.41. The lowest BCUT2D eigenvalue weighted by molar-refractivity contribution is -0.121. The van der Waals surface area contributed by atoms with Gasteiger partial charge in [-0.25, -0.2) is 4.39 Å². The quantitative estimate of drug-likeness (QED) is 0.920. The van der Waals surface area contributed by atoms with Gasteiger partial charge in [0.2, 0.25) is 5.91 Å². The molecule has 18 heavy (non-hydrogen) atoms. The number of rotatable bonds is 4. The SMILES string of the molecule is CCNC(=O)CN(C)C(=O)c1cccc(F)c1Br. The molecule has 0 saturated heterocycles. The molecule has 0 aromatic heterocycles. The largest absolute Gasteiger partial charge is 0.355 e. The first-order chi connectivity index (χ1) is 8.47. The Kier molecular flexibility index (Phi) is 5.27. The summed E-state index contributed by atoms with van der Waals surface area (Å²) in [5.41, 5.74) is 0.196. The van der Waals surface area contributed by atoms with Crippen molar-refractivity contribution >= 4 is 27.7 Å². The van der Waals surface area contributed by atoms with Crippen molar-refractivity contribution in [2.24, 2.45) is 0 Å². The van der Waals surface area contributed by atoms with Crippen LogP contribution in [0.15, 0.2) is 22.7 Å². The smallest absolute Gasteiger partial charge is 0.255 e. The monoisotopic (exact) mass is 316 g/mol. The number of amides is 2. The molecule has 0 saturated carbocycles. The third kappa shape index (κ3) is 3.53. The van der Waals surface area contributed by atoms with Crippen LogP contribution in [0.2, 0.25) is 0 Å². The first-order valence-electron chi connectivity index (χ1n) is 5.43. The van der Waals surface area contributed by atoms with Gasteiger partial charge in [0.15, 0.2) is 0 Å².